The minimum absolute atomic E-state index is 0.250. The summed E-state index contributed by atoms with van der Waals surface area (Å²) in [6, 6.07) is 0. The molecule has 0 bridgehead atoms. The number of carbonyl (C=O) groups is 2. The molecule has 0 heterocycles. The second kappa shape index (κ2) is 32.6. The fraction of sp³-hybridized carbons (Fsp3) is 0.750. The van der Waals surface area contributed by atoms with Crippen LogP contribution in [0.3, 0.4) is 0 Å². The van der Waals surface area contributed by atoms with Gasteiger partial charge in [0.2, 0.25) is 0 Å². The zero-order chi connectivity index (χ0) is 10.2. The van der Waals surface area contributed by atoms with E-state index in [-0.39, 0.29) is 12.9 Å². The van der Waals surface area contributed by atoms with Crippen molar-refractivity contribution in [1.82, 2.24) is 0 Å². The summed E-state index contributed by atoms with van der Waals surface area (Å²) in [7, 11) is 0. The number of carboxylic acid groups (broad SMARTS) is 2. The zero-order valence-corrected chi connectivity index (χ0v) is 7.69. The molecular weight excluding hydrogens is 160 g/mol. The molecule has 0 aliphatic carbocycles. The van der Waals surface area contributed by atoms with Crippen LogP contribution >= 0.6 is 0 Å². The van der Waals surface area contributed by atoms with Gasteiger partial charge < -0.3 is 10.2 Å². The molecule has 0 amide bonds. The standard InChI is InChI=1S/C6H14.2CH2O2/c1-3-5-6-4-2;2*2-1-3/h3-6H2,1-2H3;2*1H,(H,2,3). The van der Waals surface area contributed by atoms with Gasteiger partial charge in [-0.1, -0.05) is 39.5 Å². The van der Waals surface area contributed by atoms with Crippen molar-refractivity contribution in [1.29, 1.82) is 0 Å². The van der Waals surface area contributed by atoms with Crippen LogP contribution < -0.4 is 0 Å². The lowest BCUT2D eigenvalue weighted by atomic mass is 10.2. The Morgan fingerprint density at radius 1 is 0.917 bits per heavy atom. The van der Waals surface area contributed by atoms with Crippen LogP contribution in [0.4, 0.5) is 0 Å². The van der Waals surface area contributed by atoms with Crippen molar-refractivity contribution in [2.45, 2.75) is 39.5 Å². The van der Waals surface area contributed by atoms with Gasteiger partial charge in [0.15, 0.2) is 0 Å². The van der Waals surface area contributed by atoms with Crippen molar-refractivity contribution >= 4 is 12.9 Å². The Kier molecular flexibility index (Phi) is 46.5. The number of unbranched alkanes of at least 4 members (excludes halogenated alkanes) is 3. The number of hydrogen-bond donors (Lipinski definition) is 2. The third-order valence-electron chi connectivity index (χ3n) is 0.957. The molecule has 0 spiro atoms. The van der Waals surface area contributed by atoms with Crippen LogP contribution in [0.2, 0.25) is 0 Å². The lowest BCUT2D eigenvalue weighted by molar-refractivity contribution is -0.123. The summed E-state index contributed by atoms with van der Waals surface area (Å²) in [5.41, 5.74) is 0. The summed E-state index contributed by atoms with van der Waals surface area (Å²) < 4.78 is 0. The average Bonchev–Trinajstić information content (AvgIpc) is 2.04. The van der Waals surface area contributed by atoms with Crippen LogP contribution in [0, 0.1) is 0 Å². The molecule has 0 aromatic heterocycles. The Hall–Kier alpha value is -1.06. The third kappa shape index (κ3) is 150. The van der Waals surface area contributed by atoms with Crippen molar-refractivity contribution in [2.75, 3.05) is 0 Å². The van der Waals surface area contributed by atoms with E-state index in [2.05, 4.69) is 13.8 Å². The molecule has 12 heavy (non-hydrogen) atoms. The highest BCUT2D eigenvalue weighted by Gasteiger charge is 1.75. The molecule has 74 valence electrons. The molecule has 0 aliphatic heterocycles. The number of rotatable bonds is 3. The summed E-state index contributed by atoms with van der Waals surface area (Å²) in [6.45, 7) is 3.96. The minimum Gasteiger partial charge on any atom is -0.483 e. The van der Waals surface area contributed by atoms with Crippen LogP contribution in [0.1, 0.15) is 39.5 Å². The fourth-order valence-electron chi connectivity index (χ4n) is 0.500. The molecule has 0 aromatic rings. The highest BCUT2D eigenvalue weighted by Crippen LogP contribution is 1.95. The van der Waals surface area contributed by atoms with Crippen molar-refractivity contribution in [3.63, 3.8) is 0 Å². The molecular formula is C8H18O4. The highest BCUT2D eigenvalue weighted by molar-refractivity contribution is 5.32. The third-order valence-corrected chi connectivity index (χ3v) is 0.957. The molecule has 0 aliphatic rings. The summed E-state index contributed by atoms with van der Waals surface area (Å²) in [5.74, 6) is 0. The molecule has 0 rings (SSSR count). The van der Waals surface area contributed by atoms with E-state index in [1.165, 1.54) is 25.7 Å². The molecule has 4 heteroatoms. The van der Waals surface area contributed by atoms with E-state index in [1.54, 1.807) is 0 Å². The Balaban J connectivity index is -0.000000115. The van der Waals surface area contributed by atoms with Gasteiger partial charge in [0.1, 0.15) is 0 Å². The first-order valence-electron chi connectivity index (χ1n) is 3.90. The quantitative estimate of drug-likeness (QED) is 0.512. The van der Waals surface area contributed by atoms with Gasteiger partial charge in [-0.25, -0.2) is 0 Å². The van der Waals surface area contributed by atoms with Gasteiger partial charge in [0.25, 0.3) is 12.9 Å². The van der Waals surface area contributed by atoms with E-state index in [1.807, 2.05) is 0 Å². The van der Waals surface area contributed by atoms with E-state index < -0.39 is 0 Å². The maximum absolute atomic E-state index is 8.36. The maximum Gasteiger partial charge on any atom is 0.290 e. The monoisotopic (exact) mass is 178 g/mol. The van der Waals surface area contributed by atoms with Gasteiger partial charge in [-0.2, -0.15) is 0 Å². The van der Waals surface area contributed by atoms with E-state index in [9.17, 15) is 0 Å². The topological polar surface area (TPSA) is 74.6 Å². The Morgan fingerprint density at radius 3 is 1.17 bits per heavy atom. The lowest BCUT2D eigenvalue weighted by Gasteiger charge is -1.86. The SMILES string of the molecule is CCCCCC.O=CO.O=CO. The Morgan fingerprint density at radius 2 is 1.08 bits per heavy atom. The summed E-state index contributed by atoms with van der Waals surface area (Å²) in [5, 5.41) is 13.8. The van der Waals surface area contributed by atoms with Crippen LogP contribution in [-0.4, -0.2) is 23.2 Å². The second-order valence-corrected chi connectivity index (χ2v) is 1.92. The van der Waals surface area contributed by atoms with Gasteiger partial charge in [0, 0.05) is 0 Å². The van der Waals surface area contributed by atoms with E-state index >= 15 is 0 Å². The van der Waals surface area contributed by atoms with Gasteiger partial charge in [-0.15, -0.1) is 0 Å². The zero-order valence-electron chi connectivity index (χ0n) is 7.69. The second-order valence-electron chi connectivity index (χ2n) is 1.92. The molecule has 0 saturated heterocycles. The Labute approximate surface area is 73.2 Å². The highest BCUT2D eigenvalue weighted by atomic mass is 16.3. The predicted molar refractivity (Wildman–Crippen MR) is 47.2 cm³/mol. The molecule has 2 N–H and O–H groups in total. The van der Waals surface area contributed by atoms with Gasteiger partial charge in [-0.3, -0.25) is 9.59 Å². The van der Waals surface area contributed by atoms with Gasteiger partial charge >= 0.3 is 0 Å². The average molecular weight is 178 g/mol. The van der Waals surface area contributed by atoms with Gasteiger partial charge in [-0.05, 0) is 0 Å². The van der Waals surface area contributed by atoms with Crippen molar-refractivity contribution in [3.8, 4) is 0 Å². The normalized spacial score (nSPS) is 6.50. The largest absolute Gasteiger partial charge is 0.483 e. The van der Waals surface area contributed by atoms with E-state index in [4.69, 9.17) is 19.8 Å². The van der Waals surface area contributed by atoms with Crippen LogP contribution in [-0.2, 0) is 9.59 Å². The molecule has 4 nitrogen and oxygen atoms in total. The molecule has 0 atom stereocenters. The summed E-state index contributed by atoms with van der Waals surface area (Å²) in [4.78, 5) is 16.7. The van der Waals surface area contributed by atoms with Crippen molar-refractivity contribution in [3.05, 3.63) is 0 Å². The van der Waals surface area contributed by atoms with E-state index in [0.717, 1.165) is 0 Å². The first-order valence-corrected chi connectivity index (χ1v) is 3.90. The lowest BCUT2D eigenvalue weighted by Crippen LogP contribution is -1.66. The van der Waals surface area contributed by atoms with Crippen LogP contribution in [0.15, 0.2) is 0 Å². The van der Waals surface area contributed by atoms with Crippen LogP contribution in [0.5, 0.6) is 0 Å². The number of hydrogen-bond acceptors (Lipinski definition) is 2. The maximum atomic E-state index is 8.36. The van der Waals surface area contributed by atoms with Crippen LogP contribution in [0.25, 0.3) is 0 Å². The Bertz CT molecular complexity index is 63.5. The molecule has 0 unspecified atom stereocenters. The molecule has 0 aromatic carbocycles. The van der Waals surface area contributed by atoms with E-state index in [0.29, 0.717) is 0 Å². The molecule has 0 radical (unpaired) electrons. The molecule has 0 fully saturated rings. The smallest absolute Gasteiger partial charge is 0.290 e. The van der Waals surface area contributed by atoms with Gasteiger partial charge in [0.05, 0.1) is 0 Å². The fourth-order valence-corrected chi connectivity index (χ4v) is 0.500. The predicted octanol–water partition coefficient (Wildman–Crippen LogP) is 1.99. The summed E-state index contributed by atoms with van der Waals surface area (Å²) in [6.07, 6.45) is 5.54. The molecule has 0 saturated carbocycles. The first kappa shape index (κ1) is 17.1. The summed E-state index contributed by atoms with van der Waals surface area (Å²) >= 11 is 0. The minimum atomic E-state index is -0.250. The van der Waals surface area contributed by atoms with Crippen molar-refractivity contribution < 1.29 is 19.8 Å². The first-order chi connectivity index (χ1) is 5.74. The van der Waals surface area contributed by atoms with Crippen molar-refractivity contribution in [2.24, 2.45) is 0 Å².